The average Bonchev–Trinajstić information content (AvgIpc) is 2.70. The lowest BCUT2D eigenvalue weighted by Crippen LogP contribution is -2.07. The van der Waals surface area contributed by atoms with Crippen LogP contribution in [0.25, 0.3) is 43.7 Å². The molecule has 4 aromatic carbocycles. The Hall–Kier alpha value is -3.11. The lowest BCUT2D eigenvalue weighted by atomic mass is 9.93. The van der Waals surface area contributed by atoms with Gasteiger partial charge in [-0.1, -0.05) is 66.7 Å². The number of benzene rings is 4. The van der Waals surface area contributed by atoms with Crippen molar-refractivity contribution in [1.29, 1.82) is 0 Å². The number of halogens is 4. The summed E-state index contributed by atoms with van der Waals surface area (Å²) in [6.07, 6.45) is -4.47. The predicted octanol–water partition coefficient (Wildman–Crippen LogP) is 7.65. The summed E-state index contributed by atoms with van der Waals surface area (Å²) in [7, 11) is 0. The van der Waals surface area contributed by atoms with Gasteiger partial charge in [-0.05, 0) is 34.5 Å². The molecule has 0 bridgehead atoms. The van der Waals surface area contributed by atoms with Crippen molar-refractivity contribution in [1.82, 2.24) is 4.98 Å². The van der Waals surface area contributed by atoms with E-state index in [9.17, 15) is 13.2 Å². The minimum Gasteiger partial charge on any atom is -0.247 e. The molecule has 1 aromatic heterocycles. The van der Waals surface area contributed by atoms with Gasteiger partial charge in [-0.25, -0.2) is 4.98 Å². The highest BCUT2D eigenvalue weighted by Gasteiger charge is 2.33. The molecule has 0 N–H and O–H groups in total. The van der Waals surface area contributed by atoms with Crippen molar-refractivity contribution in [2.45, 2.75) is 6.18 Å². The van der Waals surface area contributed by atoms with Gasteiger partial charge in [0, 0.05) is 16.3 Å². The molecule has 5 aromatic rings. The van der Waals surface area contributed by atoms with Crippen molar-refractivity contribution >= 4 is 45.0 Å². The van der Waals surface area contributed by atoms with E-state index in [1.807, 2.05) is 66.7 Å². The number of rotatable bonds is 1. The number of pyridine rings is 1. The molecule has 0 aliphatic rings. The molecular formula is C24H15ClF3N. The zero-order chi connectivity index (χ0) is 19.3. The normalized spacial score (nSPS) is 11.7. The van der Waals surface area contributed by atoms with Gasteiger partial charge in [0.1, 0.15) is 0 Å². The van der Waals surface area contributed by atoms with Crippen LogP contribution in [0.3, 0.4) is 0 Å². The summed E-state index contributed by atoms with van der Waals surface area (Å²) < 4.78 is 41.0. The molecule has 1 heterocycles. The van der Waals surface area contributed by atoms with E-state index in [4.69, 9.17) is 0 Å². The Bertz CT molecular complexity index is 1340. The Morgan fingerprint density at radius 2 is 1.31 bits per heavy atom. The minimum absolute atomic E-state index is 0. The van der Waals surface area contributed by atoms with E-state index in [1.54, 1.807) is 6.07 Å². The van der Waals surface area contributed by atoms with E-state index in [0.717, 1.165) is 33.4 Å². The number of fused-ring (bicyclic) bond motifs is 3. The Morgan fingerprint density at radius 1 is 0.655 bits per heavy atom. The summed E-state index contributed by atoms with van der Waals surface area (Å²) in [5, 5.41) is 3.33. The second-order valence-corrected chi connectivity index (χ2v) is 6.77. The van der Waals surface area contributed by atoms with Crippen LogP contribution in [0.1, 0.15) is 5.56 Å². The number of para-hydroxylation sites is 1. The molecule has 0 aliphatic carbocycles. The summed E-state index contributed by atoms with van der Waals surface area (Å²) in [6, 6.07) is 25.5. The minimum atomic E-state index is -4.47. The number of aromatic nitrogens is 1. The van der Waals surface area contributed by atoms with Gasteiger partial charge in [0.05, 0.1) is 16.6 Å². The topological polar surface area (TPSA) is 12.9 Å². The van der Waals surface area contributed by atoms with Gasteiger partial charge in [0.15, 0.2) is 0 Å². The summed E-state index contributed by atoms with van der Waals surface area (Å²) in [6.45, 7) is 0. The third-order valence-corrected chi connectivity index (χ3v) is 5.04. The van der Waals surface area contributed by atoms with Crippen molar-refractivity contribution < 1.29 is 13.2 Å². The van der Waals surface area contributed by atoms with Gasteiger partial charge < -0.3 is 0 Å². The van der Waals surface area contributed by atoms with Crippen molar-refractivity contribution in [2.24, 2.45) is 0 Å². The third kappa shape index (κ3) is 3.19. The van der Waals surface area contributed by atoms with E-state index in [1.165, 1.54) is 6.07 Å². The highest BCUT2D eigenvalue weighted by molar-refractivity contribution is 6.13. The first-order chi connectivity index (χ1) is 13.5. The molecule has 0 atom stereocenters. The second-order valence-electron chi connectivity index (χ2n) is 6.77. The highest BCUT2D eigenvalue weighted by atomic mass is 35.5. The second kappa shape index (κ2) is 7.05. The fraction of sp³-hybridized carbons (Fsp3) is 0.0417. The van der Waals surface area contributed by atoms with Crippen LogP contribution in [0.5, 0.6) is 0 Å². The van der Waals surface area contributed by atoms with Gasteiger partial charge in [-0.3, -0.25) is 0 Å². The highest BCUT2D eigenvalue weighted by Crippen LogP contribution is 2.41. The molecular weight excluding hydrogens is 395 g/mol. The largest absolute Gasteiger partial charge is 0.418 e. The molecule has 0 saturated heterocycles. The number of hydrogen-bond acceptors (Lipinski definition) is 1. The molecule has 5 rings (SSSR count). The fourth-order valence-corrected chi connectivity index (χ4v) is 3.80. The molecule has 0 spiro atoms. The van der Waals surface area contributed by atoms with Crippen LogP contribution in [0.4, 0.5) is 13.2 Å². The van der Waals surface area contributed by atoms with Gasteiger partial charge in [-0.2, -0.15) is 13.2 Å². The number of alkyl halides is 3. The van der Waals surface area contributed by atoms with E-state index >= 15 is 0 Å². The van der Waals surface area contributed by atoms with Gasteiger partial charge >= 0.3 is 6.18 Å². The Morgan fingerprint density at radius 3 is 2.00 bits per heavy atom. The first-order valence-electron chi connectivity index (χ1n) is 8.90. The summed E-state index contributed by atoms with van der Waals surface area (Å²) in [4.78, 5) is 4.46. The average molecular weight is 410 g/mol. The maximum Gasteiger partial charge on any atom is 0.418 e. The van der Waals surface area contributed by atoms with Crippen LogP contribution in [-0.2, 0) is 6.18 Å². The standard InChI is InChI=1S/C24H14F3N.ClH/c25-24(26,27)20-12-6-11-18-22(15-7-2-1-3-8-15)19-13-16-9-4-5-10-17(16)14-21(19)28-23(18)20;/h1-14H;1H. The van der Waals surface area contributed by atoms with E-state index < -0.39 is 11.7 Å². The maximum atomic E-state index is 13.7. The first kappa shape index (κ1) is 19.2. The molecule has 0 fully saturated rings. The summed E-state index contributed by atoms with van der Waals surface area (Å²) in [5.74, 6) is 0. The quantitative estimate of drug-likeness (QED) is 0.259. The van der Waals surface area contributed by atoms with Crippen LogP contribution in [0.15, 0.2) is 84.9 Å². The van der Waals surface area contributed by atoms with Crippen LogP contribution in [0, 0.1) is 0 Å². The molecule has 5 heteroatoms. The monoisotopic (exact) mass is 409 g/mol. The molecule has 1 nitrogen and oxygen atoms in total. The van der Waals surface area contributed by atoms with Crippen molar-refractivity contribution in [3.05, 3.63) is 90.5 Å². The Balaban J connectivity index is 0.00000205. The zero-order valence-corrected chi connectivity index (χ0v) is 15.9. The van der Waals surface area contributed by atoms with Crippen molar-refractivity contribution in [3.8, 4) is 11.1 Å². The number of nitrogens with zero attached hydrogens (tertiary/aromatic N) is 1. The summed E-state index contributed by atoms with van der Waals surface area (Å²) in [5.41, 5.74) is 1.47. The van der Waals surface area contributed by atoms with Gasteiger partial charge in [0.25, 0.3) is 0 Å². The molecule has 0 saturated carbocycles. The molecule has 29 heavy (non-hydrogen) atoms. The molecule has 0 aliphatic heterocycles. The van der Waals surface area contributed by atoms with E-state index in [0.29, 0.717) is 10.9 Å². The predicted molar refractivity (Wildman–Crippen MR) is 114 cm³/mol. The molecule has 144 valence electrons. The van der Waals surface area contributed by atoms with Crippen LogP contribution in [-0.4, -0.2) is 4.98 Å². The Kier molecular flexibility index (Phi) is 4.67. The smallest absolute Gasteiger partial charge is 0.247 e. The molecule has 0 unspecified atom stereocenters. The summed E-state index contributed by atoms with van der Waals surface area (Å²) >= 11 is 0. The SMILES string of the molecule is Cl.FC(F)(F)c1cccc2c(-c3ccccc3)c3cc4ccccc4cc3nc12. The van der Waals surface area contributed by atoms with Crippen LogP contribution >= 0.6 is 12.4 Å². The van der Waals surface area contributed by atoms with Crippen LogP contribution < -0.4 is 0 Å². The van der Waals surface area contributed by atoms with E-state index in [-0.39, 0.29) is 17.9 Å². The van der Waals surface area contributed by atoms with Crippen molar-refractivity contribution in [2.75, 3.05) is 0 Å². The maximum absolute atomic E-state index is 13.7. The molecule has 0 radical (unpaired) electrons. The van der Waals surface area contributed by atoms with Gasteiger partial charge in [0.2, 0.25) is 0 Å². The third-order valence-electron chi connectivity index (χ3n) is 5.04. The van der Waals surface area contributed by atoms with Crippen molar-refractivity contribution in [3.63, 3.8) is 0 Å². The van der Waals surface area contributed by atoms with E-state index in [2.05, 4.69) is 4.98 Å². The zero-order valence-electron chi connectivity index (χ0n) is 15.1. The van der Waals surface area contributed by atoms with Crippen LogP contribution in [0.2, 0.25) is 0 Å². The number of hydrogen-bond donors (Lipinski definition) is 0. The van der Waals surface area contributed by atoms with Gasteiger partial charge in [-0.15, -0.1) is 12.4 Å². The Labute approximate surface area is 171 Å². The first-order valence-corrected chi connectivity index (χ1v) is 8.90. The lowest BCUT2D eigenvalue weighted by molar-refractivity contribution is -0.136. The fourth-order valence-electron chi connectivity index (χ4n) is 3.80. The molecule has 0 amide bonds. The lowest BCUT2D eigenvalue weighted by Gasteiger charge is -2.16.